The van der Waals surface area contributed by atoms with Gasteiger partial charge < -0.3 is 0 Å². The average Bonchev–Trinajstić information content (AvgIpc) is 2.67. The predicted molar refractivity (Wildman–Crippen MR) is 121 cm³/mol. The molecule has 1 aromatic rings. The third-order valence-electron chi connectivity index (χ3n) is 6.24. The molecular formula is C24H36BN2O. The van der Waals surface area contributed by atoms with Crippen LogP contribution < -0.4 is 11.1 Å². The van der Waals surface area contributed by atoms with Crippen molar-refractivity contribution in [3.63, 3.8) is 0 Å². The van der Waals surface area contributed by atoms with Gasteiger partial charge in [0.1, 0.15) is 0 Å². The molecule has 1 aromatic carbocycles. The molecular weight excluding hydrogens is 343 g/mol. The molecule has 3 N–H and O–H groups in total. The Morgan fingerprint density at radius 1 is 1.25 bits per heavy atom. The van der Waals surface area contributed by atoms with Crippen LogP contribution in [0, 0.1) is 0 Å². The number of benzene rings is 1. The fraction of sp³-hybridized carbons (Fsp3) is 0.583. The first-order chi connectivity index (χ1) is 13.3. The van der Waals surface area contributed by atoms with Gasteiger partial charge in [-0.3, -0.25) is 0 Å². The van der Waals surface area contributed by atoms with E-state index in [1.54, 1.807) is 0 Å². The molecule has 151 valence electrons. The Bertz CT molecular complexity index is 753. The Labute approximate surface area is 172 Å². The van der Waals surface area contributed by atoms with E-state index in [0.29, 0.717) is 13.1 Å². The summed E-state index contributed by atoms with van der Waals surface area (Å²) in [6, 6.07) is 6.59. The zero-order chi connectivity index (χ0) is 20.7. The van der Waals surface area contributed by atoms with Crippen LogP contribution in [0.3, 0.4) is 0 Å². The molecule has 1 aliphatic carbocycles. The second-order valence-corrected chi connectivity index (χ2v) is 8.49. The molecule has 0 fully saturated rings. The monoisotopic (exact) mass is 379 g/mol. The second kappa shape index (κ2) is 10.2. The van der Waals surface area contributed by atoms with Crippen LogP contribution in [0.2, 0.25) is 0 Å². The number of aryl methyl sites for hydroxylation is 1. The molecule has 1 atom stereocenters. The predicted octanol–water partition coefficient (Wildman–Crippen LogP) is 3.96. The molecule has 0 spiro atoms. The third-order valence-corrected chi connectivity index (χ3v) is 6.24. The van der Waals surface area contributed by atoms with Gasteiger partial charge >= 0.3 is 172 Å². The zero-order valence-corrected chi connectivity index (χ0v) is 18.2. The summed E-state index contributed by atoms with van der Waals surface area (Å²) in [6.07, 6.45) is 6.95. The quantitative estimate of drug-likeness (QED) is 0.638. The first-order valence-corrected chi connectivity index (χ1v) is 10.7. The molecule has 0 saturated carbocycles. The van der Waals surface area contributed by atoms with Gasteiger partial charge in [0.2, 0.25) is 0 Å². The van der Waals surface area contributed by atoms with Gasteiger partial charge in [-0.05, 0) is 0 Å². The van der Waals surface area contributed by atoms with Crippen molar-refractivity contribution in [2.75, 3.05) is 13.1 Å². The van der Waals surface area contributed by atoms with E-state index >= 15 is 0 Å². The Morgan fingerprint density at radius 3 is 2.57 bits per heavy atom. The van der Waals surface area contributed by atoms with E-state index in [4.69, 9.17) is 13.2 Å². The molecule has 1 amide bonds. The Kier molecular flexibility index (Phi) is 8.24. The molecule has 1 unspecified atom stereocenters. The SMILES string of the molecule is [B]=C(C)c1cc(CC)ccc1C(C)(CCN)CCNC(=O)C1=C(C)CCCC1. The van der Waals surface area contributed by atoms with Crippen molar-refractivity contribution in [3.05, 3.63) is 46.0 Å². The summed E-state index contributed by atoms with van der Waals surface area (Å²) in [7, 11) is 6.23. The van der Waals surface area contributed by atoms with Crippen LogP contribution in [0.4, 0.5) is 0 Å². The summed E-state index contributed by atoms with van der Waals surface area (Å²) in [5.74, 6) is 0.107. The van der Waals surface area contributed by atoms with Gasteiger partial charge in [0.25, 0.3) is 0 Å². The van der Waals surface area contributed by atoms with E-state index < -0.39 is 0 Å². The zero-order valence-electron chi connectivity index (χ0n) is 18.2. The molecule has 0 heterocycles. The summed E-state index contributed by atoms with van der Waals surface area (Å²) < 4.78 is 0. The van der Waals surface area contributed by atoms with Gasteiger partial charge in [-0.25, -0.2) is 0 Å². The molecule has 2 rings (SSSR count). The number of hydrogen-bond donors (Lipinski definition) is 2. The molecule has 1 aliphatic rings. The van der Waals surface area contributed by atoms with Gasteiger partial charge in [0, 0.05) is 0 Å². The minimum absolute atomic E-state index is 0.107. The number of hydrogen-bond acceptors (Lipinski definition) is 2. The summed E-state index contributed by atoms with van der Waals surface area (Å²) in [6.45, 7) is 9.69. The Hall–Kier alpha value is -1.68. The Morgan fingerprint density at radius 2 is 1.96 bits per heavy atom. The van der Waals surface area contributed by atoms with Gasteiger partial charge in [-0.15, -0.1) is 0 Å². The molecule has 0 aromatic heterocycles. The van der Waals surface area contributed by atoms with Crippen molar-refractivity contribution >= 4 is 18.9 Å². The second-order valence-electron chi connectivity index (χ2n) is 8.49. The molecule has 28 heavy (non-hydrogen) atoms. The normalized spacial score (nSPS) is 16.6. The van der Waals surface area contributed by atoms with Crippen LogP contribution in [0.5, 0.6) is 0 Å². The van der Waals surface area contributed by atoms with Crippen LogP contribution in [0.15, 0.2) is 29.3 Å². The third kappa shape index (κ3) is 5.44. The number of allylic oxidation sites excluding steroid dienone is 1. The van der Waals surface area contributed by atoms with E-state index in [9.17, 15) is 4.79 Å². The number of carbonyl (C=O) groups is 1. The maximum absolute atomic E-state index is 12.6. The maximum atomic E-state index is 12.6. The van der Waals surface area contributed by atoms with Gasteiger partial charge in [0.15, 0.2) is 0 Å². The van der Waals surface area contributed by atoms with E-state index in [1.807, 2.05) is 6.92 Å². The van der Waals surface area contributed by atoms with Crippen LogP contribution in [0.25, 0.3) is 0 Å². The van der Waals surface area contributed by atoms with Crippen molar-refractivity contribution in [2.45, 2.75) is 78.1 Å². The fourth-order valence-electron chi connectivity index (χ4n) is 4.30. The van der Waals surface area contributed by atoms with Crippen molar-refractivity contribution in [2.24, 2.45) is 5.73 Å². The molecule has 0 bridgehead atoms. The van der Waals surface area contributed by atoms with E-state index in [1.165, 1.54) is 23.1 Å². The van der Waals surface area contributed by atoms with Crippen molar-refractivity contribution < 1.29 is 4.79 Å². The first-order valence-electron chi connectivity index (χ1n) is 10.7. The standard InChI is InChI=1S/C24H36BN2O/c1-5-19-10-11-22(21(16-19)18(3)25)24(4,12-14-26)13-15-27-23(28)20-9-7-6-8-17(20)2/h10-11,16H,5-9,12-15,26H2,1-4H3,(H,27,28). The van der Waals surface area contributed by atoms with Gasteiger partial charge in [-0.2, -0.15) is 0 Å². The van der Waals surface area contributed by atoms with E-state index in [-0.39, 0.29) is 11.3 Å². The first kappa shape index (κ1) is 22.6. The van der Waals surface area contributed by atoms with Gasteiger partial charge in [-0.1, -0.05) is 0 Å². The number of carbonyl (C=O) groups excluding carboxylic acids is 1. The summed E-state index contributed by atoms with van der Waals surface area (Å²) in [5, 5.41) is 3.16. The minimum atomic E-state index is -0.125. The van der Waals surface area contributed by atoms with Crippen LogP contribution in [-0.2, 0) is 16.6 Å². The number of nitrogens with one attached hydrogen (secondary N) is 1. The van der Waals surface area contributed by atoms with Crippen LogP contribution in [-0.4, -0.2) is 31.9 Å². The van der Waals surface area contributed by atoms with Crippen molar-refractivity contribution in [1.82, 2.24) is 5.32 Å². The number of amides is 1. The van der Waals surface area contributed by atoms with Gasteiger partial charge in [0.05, 0.1) is 0 Å². The molecule has 3 nitrogen and oxygen atoms in total. The molecule has 4 heteroatoms. The van der Waals surface area contributed by atoms with Crippen molar-refractivity contribution in [3.8, 4) is 0 Å². The van der Waals surface area contributed by atoms with Crippen LogP contribution >= 0.6 is 0 Å². The number of rotatable bonds is 9. The fourth-order valence-corrected chi connectivity index (χ4v) is 4.30. The average molecular weight is 379 g/mol. The summed E-state index contributed by atoms with van der Waals surface area (Å²) in [4.78, 5) is 12.6. The van der Waals surface area contributed by atoms with E-state index in [0.717, 1.165) is 55.1 Å². The molecule has 0 saturated heterocycles. The Balaban J connectivity index is 2.17. The van der Waals surface area contributed by atoms with E-state index in [2.05, 4.69) is 44.3 Å². The topological polar surface area (TPSA) is 55.1 Å². The molecule has 1 radical (unpaired) electrons. The number of nitrogens with two attached hydrogens (primary N) is 1. The van der Waals surface area contributed by atoms with Crippen LogP contribution in [0.1, 0.15) is 82.9 Å². The summed E-state index contributed by atoms with van der Waals surface area (Å²) in [5.41, 5.74) is 12.6. The summed E-state index contributed by atoms with van der Waals surface area (Å²) >= 11 is 0. The molecule has 0 aliphatic heterocycles. The van der Waals surface area contributed by atoms with Crippen molar-refractivity contribution in [1.29, 1.82) is 0 Å².